The third kappa shape index (κ3) is 4.09. The van der Waals surface area contributed by atoms with Gasteiger partial charge in [0.2, 0.25) is 0 Å². The Bertz CT molecular complexity index is 1700. The van der Waals surface area contributed by atoms with Crippen LogP contribution >= 0.6 is 0 Å². The molecule has 1 aliphatic heterocycles. The van der Waals surface area contributed by atoms with Gasteiger partial charge in [-0.25, -0.2) is 4.98 Å². The van der Waals surface area contributed by atoms with E-state index in [1.165, 1.54) is 27.7 Å². The number of pyridine rings is 1. The highest BCUT2D eigenvalue weighted by Crippen LogP contribution is 2.37. The first-order valence-electron chi connectivity index (χ1n) is 13.4. The Balaban J connectivity index is 1.08. The van der Waals surface area contributed by atoms with Crippen LogP contribution in [0.3, 0.4) is 0 Å². The van der Waals surface area contributed by atoms with Gasteiger partial charge in [0.05, 0.1) is 17.6 Å². The average molecular weight is 503 g/mol. The monoisotopic (exact) mass is 502 g/mol. The molecule has 0 spiro atoms. The number of aromatic nitrogens is 5. The topological polar surface area (TPSA) is 86.6 Å². The molecule has 2 N–H and O–H groups in total. The summed E-state index contributed by atoms with van der Waals surface area (Å²) < 4.78 is 5.61. The molecule has 1 saturated heterocycles. The number of nitrogens with zero attached hydrogens (tertiary/aromatic N) is 4. The van der Waals surface area contributed by atoms with Gasteiger partial charge in [0.25, 0.3) is 0 Å². The maximum Gasteiger partial charge on any atom is 0.167 e. The number of aromatic amines is 2. The van der Waals surface area contributed by atoms with E-state index in [0.717, 1.165) is 72.5 Å². The predicted molar refractivity (Wildman–Crippen MR) is 150 cm³/mol. The minimum atomic E-state index is 0.567. The van der Waals surface area contributed by atoms with Crippen LogP contribution < -0.4 is 0 Å². The molecule has 7 heteroatoms. The van der Waals surface area contributed by atoms with Crippen LogP contribution in [0.5, 0.6) is 0 Å². The first kappa shape index (κ1) is 22.9. The van der Waals surface area contributed by atoms with Gasteiger partial charge in [-0.2, -0.15) is 5.10 Å². The Kier molecular flexibility index (Phi) is 5.78. The zero-order valence-corrected chi connectivity index (χ0v) is 21.4. The van der Waals surface area contributed by atoms with Crippen LogP contribution in [0, 0.1) is 0 Å². The van der Waals surface area contributed by atoms with Crippen molar-refractivity contribution >= 4 is 21.9 Å². The number of piperidine rings is 1. The standard InChI is InChI=1S/C31H30N6O/c1-2-24-26-16-22(8-9-28(26)34-30(24)25-10-13-32-31-27(25)18-33-35-31)20-11-14-37(15-12-20)19-23-17-29(38-36-23)21-6-4-3-5-7-21/h3-10,13,16-18,20,34H,2,11-12,14-15,19H2,1H3,(H,32,33,35). The van der Waals surface area contributed by atoms with Crippen LogP contribution in [0.25, 0.3) is 44.5 Å². The number of likely N-dealkylation sites (tertiary alicyclic amines) is 1. The Hall–Kier alpha value is -4.23. The number of aryl methyl sites for hydroxylation is 1. The van der Waals surface area contributed by atoms with E-state index in [0.29, 0.717) is 5.92 Å². The van der Waals surface area contributed by atoms with Crippen LogP contribution in [0.2, 0.25) is 0 Å². The second-order valence-corrected chi connectivity index (χ2v) is 10.2. The molecule has 7 rings (SSSR count). The summed E-state index contributed by atoms with van der Waals surface area (Å²) in [5, 5.41) is 13.9. The molecule has 5 heterocycles. The lowest BCUT2D eigenvalue weighted by molar-refractivity contribution is 0.199. The van der Waals surface area contributed by atoms with E-state index in [1.54, 1.807) is 0 Å². The van der Waals surface area contributed by atoms with Gasteiger partial charge in [-0.1, -0.05) is 48.5 Å². The molecule has 0 saturated carbocycles. The van der Waals surface area contributed by atoms with Gasteiger partial charge in [-0.05, 0) is 67.6 Å². The molecule has 7 nitrogen and oxygen atoms in total. The minimum Gasteiger partial charge on any atom is -0.356 e. The first-order valence-corrected chi connectivity index (χ1v) is 13.4. The van der Waals surface area contributed by atoms with E-state index in [9.17, 15) is 0 Å². The Labute approximate surface area is 220 Å². The maximum absolute atomic E-state index is 5.61. The fourth-order valence-corrected chi connectivity index (χ4v) is 5.96. The molecule has 1 aliphatic rings. The first-order chi connectivity index (χ1) is 18.8. The average Bonchev–Trinajstić information content (AvgIpc) is 3.72. The van der Waals surface area contributed by atoms with Gasteiger partial charge >= 0.3 is 0 Å². The number of H-pyrrole nitrogens is 2. The summed E-state index contributed by atoms with van der Waals surface area (Å²) in [6.07, 6.45) is 6.97. The Morgan fingerprint density at radius 3 is 2.71 bits per heavy atom. The molecule has 4 aromatic heterocycles. The van der Waals surface area contributed by atoms with Crippen LogP contribution in [0.15, 0.2) is 77.6 Å². The Morgan fingerprint density at radius 1 is 1.00 bits per heavy atom. The van der Waals surface area contributed by atoms with Crippen molar-refractivity contribution in [3.8, 4) is 22.6 Å². The zero-order valence-electron chi connectivity index (χ0n) is 21.4. The predicted octanol–water partition coefficient (Wildman–Crippen LogP) is 6.70. The number of hydrogen-bond acceptors (Lipinski definition) is 5. The largest absolute Gasteiger partial charge is 0.356 e. The van der Waals surface area contributed by atoms with Gasteiger partial charge in [-0.3, -0.25) is 10.00 Å². The fourth-order valence-electron chi connectivity index (χ4n) is 5.96. The van der Waals surface area contributed by atoms with Crippen molar-refractivity contribution < 1.29 is 4.52 Å². The van der Waals surface area contributed by atoms with Crippen molar-refractivity contribution in [2.24, 2.45) is 0 Å². The van der Waals surface area contributed by atoms with Crippen molar-refractivity contribution in [1.82, 2.24) is 30.2 Å². The highest BCUT2D eigenvalue weighted by Gasteiger charge is 2.23. The summed E-state index contributed by atoms with van der Waals surface area (Å²) >= 11 is 0. The SMILES string of the molecule is CCc1c(-c2ccnc3[nH]ncc23)[nH]c2ccc(C3CCN(Cc4cc(-c5ccccc5)on4)CC3)cc12. The minimum absolute atomic E-state index is 0.567. The van der Waals surface area contributed by atoms with Crippen molar-refractivity contribution in [3.63, 3.8) is 0 Å². The third-order valence-corrected chi connectivity index (χ3v) is 7.97. The summed E-state index contributed by atoms with van der Waals surface area (Å²) in [7, 11) is 0. The second kappa shape index (κ2) is 9.58. The molecule has 6 aromatic rings. The van der Waals surface area contributed by atoms with E-state index in [1.807, 2.05) is 30.6 Å². The van der Waals surface area contributed by atoms with Gasteiger partial charge in [0.15, 0.2) is 11.4 Å². The van der Waals surface area contributed by atoms with Gasteiger partial charge in [0, 0.05) is 46.2 Å². The summed E-state index contributed by atoms with van der Waals surface area (Å²) in [6.45, 7) is 5.19. The molecule has 2 aromatic carbocycles. The van der Waals surface area contributed by atoms with Crippen molar-refractivity contribution in [2.45, 2.75) is 38.6 Å². The van der Waals surface area contributed by atoms with Crippen LogP contribution in [-0.4, -0.2) is 43.3 Å². The molecule has 0 radical (unpaired) electrons. The van der Waals surface area contributed by atoms with Crippen molar-refractivity contribution in [1.29, 1.82) is 0 Å². The number of rotatable bonds is 6. The molecule has 0 amide bonds. The summed E-state index contributed by atoms with van der Waals surface area (Å²) in [5.41, 5.74) is 9.18. The third-order valence-electron chi connectivity index (χ3n) is 7.97. The fraction of sp³-hybridized carbons (Fsp3) is 0.258. The molecule has 0 atom stereocenters. The summed E-state index contributed by atoms with van der Waals surface area (Å²) in [6, 6.07) is 21.3. The van der Waals surface area contributed by atoms with E-state index in [4.69, 9.17) is 4.52 Å². The number of benzene rings is 2. The summed E-state index contributed by atoms with van der Waals surface area (Å²) in [4.78, 5) is 10.6. The van der Waals surface area contributed by atoms with Crippen LogP contribution in [0.1, 0.15) is 42.5 Å². The lowest BCUT2D eigenvalue weighted by atomic mass is 9.88. The van der Waals surface area contributed by atoms with Crippen LogP contribution in [0.4, 0.5) is 0 Å². The summed E-state index contributed by atoms with van der Waals surface area (Å²) in [5.74, 6) is 1.40. The molecule has 1 fully saturated rings. The quantitative estimate of drug-likeness (QED) is 0.265. The van der Waals surface area contributed by atoms with E-state index < -0.39 is 0 Å². The molecular weight excluding hydrogens is 472 g/mol. The van der Waals surface area contributed by atoms with Gasteiger partial charge in [-0.15, -0.1) is 0 Å². The number of hydrogen-bond donors (Lipinski definition) is 2. The zero-order chi connectivity index (χ0) is 25.5. The lowest BCUT2D eigenvalue weighted by Gasteiger charge is -2.31. The lowest BCUT2D eigenvalue weighted by Crippen LogP contribution is -2.32. The van der Waals surface area contributed by atoms with Crippen molar-refractivity contribution in [3.05, 3.63) is 89.9 Å². The van der Waals surface area contributed by atoms with Crippen molar-refractivity contribution in [2.75, 3.05) is 13.1 Å². The molecule has 0 unspecified atom stereocenters. The molecule has 190 valence electrons. The highest BCUT2D eigenvalue weighted by molar-refractivity contribution is 5.98. The van der Waals surface area contributed by atoms with E-state index in [-0.39, 0.29) is 0 Å². The van der Waals surface area contributed by atoms with E-state index >= 15 is 0 Å². The van der Waals surface area contributed by atoms with Gasteiger partial charge in [0.1, 0.15) is 0 Å². The molecule has 0 aliphatic carbocycles. The number of nitrogens with one attached hydrogen (secondary N) is 2. The van der Waals surface area contributed by atoms with E-state index in [2.05, 4.69) is 79.6 Å². The molecular formula is C31H30N6O. The molecule has 38 heavy (non-hydrogen) atoms. The normalized spacial score (nSPS) is 15.1. The number of fused-ring (bicyclic) bond motifs is 2. The maximum atomic E-state index is 5.61. The van der Waals surface area contributed by atoms with Crippen LogP contribution in [-0.2, 0) is 13.0 Å². The molecule has 0 bridgehead atoms. The van der Waals surface area contributed by atoms with Gasteiger partial charge < -0.3 is 9.51 Å². The smallest absolute Gasteiger partial charge is 0.167 e. The second-order valence-electron chi connectivity index (χ2n) is 10.2. The Morgan fingerprint density at radius 2 is 1.87 bits per heavy atom. The highest BCUT2D eigenvalue weighted by atomic mass is 16.5.